The van der Waals surface area contributed by atoms with Crippen LogP contribution in [0.1, 0.15) is 226 Å². The summed E-state index contributed by atoms with van der Waals surface area (Å²) in [5.74, 6) is 0. The smallest absolute Gasteiger partial charge is 0.101 e. The Labute approximate surface area is 267 Å². The average Bonchev–Trinajstić information content (AvgIpc) is 3.39. The van der Waals surface area contributed by atoms with Gasteiger partial charge in [-0.25, -0.2) is 0 Å². The van der Waals surface area contributed by atoms with Crippen molar-refractivity contribution in [3.63, 3.8) is 0 Å². The number of unbranched alkanes of at least 4 members (excludes halogenated alkanes) is 28. The number of hydrogen-bond acceptors (Lipinski definition) is 2. The summed E-state index contributed by atoms with van der Waals surface area (Å²) < 4.78 is 0. The van der Waals surface area contributed by atoms with Crippen LogP contribution in [0, 0.1) is 0 Å². The van der Waals surface area contributed by atoms with Gasteiger partial charge in [0.15, 0.2) is 0 Å². The Bertz CT molecular complexity index is 544. The molecule has 0 fully saturated rings. The molecule has 0 aromatic rings. The lowest BCUT2D eigenvalue weighted by Gasteiger charge is -2.33. The average molecular weight is 589 g/mol. The van der Waals surface area contributed by atoms with Gasteiger partial charge in [0.05, 0.1) is 0 Å². The minimum Gasteiger partial charge on any atom is -0.356 e. The molecule has 0 aliphatic carbocycles. The van der Waals surface area contributed by atoms with Crippen molar-refractivity contribution >= 4 is 0 Å². The summed E-state index contributed by atoms with van der Waals surface area (Å²) in [5.41, 5.74) is 0. The zero-order valence-corrected chi connectivity index (χ0v) is 29.7. The Morgan fingerprint density at radius 3 is 0.905 bits per heavy atom. The maximum Gasteiger partial charge on any atom is 0.101 e. The first-order valence-corrected chi connectivity index (χ1v) is 20.0. The molecule has 1 aliphatic rings. The minimum atomic E-state index is 0.639. The molecule has 1 atom stereocenters. The third-order valence-corrected chi connectivity index (χ3v) is 9.82. The van der Waals surface area contributed by atoms with E-state index in [4.69, 9.17) is 0 Å². The van der Waals surface area contributed by atoms with E-state index in [1.807, 2.05) is 0 Å². The molecule has 1 unspecified atom stereocenters. The van der Waals surface area contributed by atoms with E-state index in [0.29, 0.717) is 6.17 Å². The lowest BCUT2D eigenvalue weighted by atomic mass is 10.0. The number of nitrogens with zero attached hydrogens (tertiary/aromatic N) is 2. The summed E-state index contributed by atoms with van der Waals surface area (Å²) in [4.78, 5) is 5.36. The van der Waals surface area contributed by atoms with Gasteiger partial charge in [-0.05, 0) is 25.7 Å². The topological polar surface area (TPSA) is 6.48 Å². The molecule has 1 aliphatic heterocycles. The fourth-order valence-corrected chi connectivity index (χ4v) is 6.87. The molecule has 0 N–H and O–H groups in total. The van der Waals surface area contributed by atoms with E-state index >= 15 is 0 Å². The van der Waals surface area contributed by atoms with Crippen LogP contribution in [0.3, 0.4) is 0 Å². The molecule has 2 nitrogen and oxygen atoms in total. The van der Waals surface area contributed by atoms with Gasteiger partial charge in [-0.2, -0.15) is 0 Å². The standard InChI is InChI=1S/C40H80N2/c1-4-7-10-12-14-16-18-20-21-22-23-25-27-29-31-33-35-40-41(36-9-6-3)38-39-42(40)37-34-32-30-28-26-24-19-17-15-13-11-8-5-2/h38-40H,4-37H2,1-3H3. The molecule has 2 heteroatoms. The Balaban J connectivity index is 2.02. The van der Waals surface area contributed by atoms with Gasteiger partial charge >= 0.3 is 0 Å². The maximum absolute atomic E-state index is 2.69. The van der Waals surface area contributed by atoms with Crippen molar-refractivity contribution in [2.45, 2.75) is 232 Å². The Morgan fingerprint density at radius 1 is 0.310 bits per heavy atom. The fraction of sp³-hybridized carbons (Fsp3) is 0.950. The molecule has 0 bridgehead atoms. The largest absolute Gasteiger partial charge is 0.356 e. The second-order valence-electron chi connectivity index (χ2n) is 13.9. The molecule has 0 amide bonds. The molecule has 1 rings (SSSR count). The van der Waals surface area contributed by atoms with E-state index < -0.39 is 0 Å². The lowest BCUT2D eigenvalue weighted by Crippen LogP contribution is -2.39. The van der Waals surface area contributed by atoms with Crippen molar-refractivity contribution in [1.82, 2.24) is 9.80 Å². The summed E-state index contributed by atoms with van der Waals surface area (Å²) in [7, 11) is 0. The second-order valence-corrected chi connectivity index (χ2v) is 13.9. The molecule has 250 valence electrons. The second kappa shape index (κ2) is 31.8. The zero-order chi connectivity index (χ0) is 30.2. The molecule has 0 aromatic carbocycles. The zero-order valence-electron chi connectivity index (χ0n) is 29.7. The maximum atomic E-state index is 2.69. The fourth-order valence-electron chi connectivity index (χ4n) is 6.87. The van der Waals surface area contributed by atoms with Gasteiger partial charge in [-0.3, -0.25) is 0 Å². The van der Waals surface area contributed by atoms with Crippen LogP contribution >= 0.6 is 0 Å². The summed E-state index contributed by atoms with van der Waals surface area (Å²) >= 11 is 0. The van der Waals surface area contributed by atoms with E-state index in [1.54, 1.807) is 0 Å². The van der Waals surface area contributed by atoms with Gasteiger partial charge in [0, 0.05) is 25.5 Å². The highest BCUT2D eigenvalue weighted by Gasteiger charge is 2.24. The SMILES string of the molecule is CCCCCCCCCCCCCCCCCCC1N(CCCC)C=CN1CCCCCCCCCCCCCCC. The predicted molar refractivity (Wildman–Crippen MR) is 191 cm³/mol. The van der Waals surface area contributed by atoms with Gasteiger partial charge in [-0.15, -0.1) is 0 Å². The van der Waals surface area contributed by atoms with Crippen LogP contribution in [0.5, 0.6) is 0 Å². The normalized spacial score (nSPS) is 15.0. The molecule has 0 aromatic heterocycles. The monoisotopic (exact) mass is 589 g/mol. The molecular formula is C40H80N2. The van der Waals surface area contributed by atoms with Crippen molar-refractivity contribution in [3.8, 4) is 0 Å². The summed E-state index contributed by atoms with van der Waals surface area (Å²) in [5, 5.41) is 0. The molecule has 0 spiro atoms. The highest BCUT2D eigenvalue weighted by Crippen LogP contribution is 2.24. The number of rotatable bonds is 34. The highest BCUT2D eigenvalue weighted by molar-refractivity contribution is 4.96. The molecule has 0 radical (unpaired) electrons. The summed E-state index contributed by atoms with van der Waals surface area (Å²) in [6.07, 6.45) is 51.5. The van der Waals surface area contributed by atoms with Crippen LogP contribution < -0.4 is 0 Å². The third kappa shape index (κ3) is 23.8. The van der Waals surface area contributed by atoms with Gasteiger partial charge in [-0.1, -0.05) is 201 Å². The van der Waals surface area contributed by atoms with E-state index in [0.717, 1.165) is 0 Å². The number of hydrogen-bond donors (Lipinski definition) is 0. The van der Waals surface area contributed by atoms with E-state index in [-0.39, 0.29) is 0 Å². The van der Waals surface area contributed by atoms with E-state index in [9.17, 15) is 0 Å². The lowest BCUT2D eigenvalue weighted by molar-refractivity contribution is 0.136. The van der Waals surface area contributed by atoms with Crippen molar-refractivity contribution in [2.75, 3.05) is 13.1 Å². The van der Waals surface area contributed by atoms with E-state index in [1.165, 1.54) is 219 Å². The van der Waals surface area contributed by atoms with Gasteiger partial charge in [0.1, 0.15) is 6.17 Å². The van der Waals surface area contributed by atoms with Crippen LogP contribution in [0.25, 0.3) is 0 Å². The van der Waals surface area contributed by atoms with Crippen LogP contribution in [-0.2, 0) is 0 Å². The first-order chi connectivity index (χ1) is 20.8. The van der Waals surface area contributed by atoms with Crippen molar-refractivity contribution in [2.24, 2.45) is 0 Å². The predicted octanol–water partition coefficient (Wildman–Crippen LogP) is 13.9. The van der Waals surface area contributed by atoms with Crippen molar-refractivity contribution in [1.29, 1.82) is 0 Å². The first-order valence-electron chi connectivity index (χ1n) is 20.0. The van der Waals surface area contributed by atoms with Crippen molar-refractivity contribution < 1.29 is 0 Å². The minimum absolute atomic E-state index is 0.639. The molecular weight excluding hydrogens is 508 g/mol. The summed E-state index contributed by atoms with van der Waals surface area (Å²) in [6.45, 7) is 9.46. The van der Waals surface area contributed by atoms with Crippen LogP contribution in [0.2, 0.25) is 0 Å². The van der Waals surface area contributed by atoms with Gasteiger partial charge in [0.25, 0.3) is 0 Å². The molecule has 1 heterocycles. The van der Waals surface area contributed by atoms with Gasteiger partial charge in [0.2, 0.25) is 0 Å². The van der Waals surface area contributed by atoms with E-state index in [2.05, 4.69) is 43.0 Å². The molecule has 42 heavy (non-hydrogen) atoms. The van der Waals surface area contributed by atoms with Crippen LogP contribution in [-0.4, -0.2) is 29.1 Å². The van der Waals surface area contributed by atoms with Crippen LogP contribution in [0.4, 0.5) is 0 Å². The molecule has 0 saturated carbocycles. The quantitative estimate of drug-likeness (QED) is 0.0690. The van der Waals surface area contributed by atoms with Gasteiger partial charge < -0.3 is 9.80 Å². The Kier molecular flexibility index (Phi) is 29.8. The van der Waals surface area contributed by atoms with Crippen LogP contribution in [0.15, 0.2) is 12.4 Å². The third-order valence-electron chi connectivity index (χ3n) is 9.82. The molecule has 0 saturated heterocycles. The first kappa shape index (κ1) is 39.4. The Hall–Kier alpha value is -0.660. The Morgan fingerprint density at radius 2 is 0.571 bits per heavy atom. The van der Waals surface area contributed by atoms with Crippen molar-refractivity contribution in [3.05, 3.63) is 12.4 Å². The summed E-state index contributed by atoms with van der Waals surface area (Å²) in [6, 6.07) is 0. The highest BCUT2D eigenvalue weighted by atomic mass is 15.4.